The van der Waals surface area contributed by atoms with Gasteiger partial charge in [-0.2, -0.15) is 10.2 Å². The van der Waals surface area contributed by atoms with Crippen molar-refractivity contribution in [1.82, 2.24) is 24.9 Å². The van der Waals surface area contributed by atoms with E-state index in [1.54, 1.807) is 0 Å². The van der Waals surface area contributed by atoms with E-state index in [0.717, 1.165) is 42.6 Å². The first-order valence-electron chi connectivity index (χ1n) is 6.60. The molecule has 0 fully saturated rings. The number of aromatic nitrogens is 4. The highest BCUT2D eigenvalue weighted by Crippen LogP contribution is 2.21. The highest BCUT2D eigenvalue weighted by atomic mass is 79.9. The molecule has 0 atom stereocenters. The van der Waals surface area contributed by atoms with Crippen LogP contribution in [0.4, 0.5) is 0 Å². The van der Waals surface area contributed by atoms with Gasteiger partial charge in [-0.1, -0.05) is 6.92 Å². The summed E-state index contributed by atoms with van der Waals surface area (Å²) >= 11 is 3.63. The molecule has 2 rings (SSSR count). The SMILES string of the molecule is CCc1nn(C)c(CNCCCn2cccn2)c1Br. The maximum Gasteiger partial charge on any atom is 0.0767 e. The molecule has 1 N–H and O–H groups in total. The first kappa shape index (κ1) is 14.3. The Labute approximate surface area is 122 Å². The molecule has 0 aliphatic carbocycles. The van der Waals surface area contributed by atoms with Crippen LogP contribution in [-0.2, 0) is 26.6 Å². The molecule has 0 unspecified atom stereocenters. The third-order valence-corrected chi connectivity index (χ3v) is 4.01. The third-order valence-electron chi connectivity index (χ3n) is 3.10. The van der Waals surface area contributed by atoms with Gasteiger partial charge in [0.2, 0.25) is 0 Å². The van der Waals surface area contributed by atoms with Gasteiger partial charge >= 0.3 is 0 Å². The van der Waals surface area contributed by atoms with Crippen LogP contribution in [0.15, 0.2) is 22.9 Å². The van der Waals surface area contributed by atoms with E-state index in [1.807, 2.05) is 34.9 Å². The summed E-state index contributed by atoms with van der Waals surface area (Å²) in [6.45, 7) is 4.88. The van der Waals surface area contributed by atoms with Crippen LogP contribution in [0.3, 0.4) is 0 Å². The van der Waals surface area contributed by atoms with Gasteiger partial charge in [0.15, 0.2) is 0 Å². The third kappa shape index (κ3) is 3.67. The first-order chi connectivity index (χ1) is 9.22. The summed E-state index contributed by atoms with van der Waals surface area (Å²) in [7, 11) is 1.99. The van der Waals surface area contributed by atoms with Crippen LogP contribution < -0.4 is 5.32 Å². The minimum Gasteiger partial charge on any atom is -0.311 e. The van der Waals surface area contributed by atoms with Crippen molar-refractivity contribution < 1.29 is 0 Å². The number of hydrogen-bond acceptors (Lipinski definition) is 3. The van der Waals surface area contributed by atoms with Gasteiger partial charge in [-0.3, -0.25) is 9.36 Å². The van der Waals surface area contributed by atoms with Crippen LogP contribution in [0.1, 0.15) is 24.7 Å². The standard InChI is InChI=1S/C13H20BrN5/c1-3-11-13(14)12(18(2)17-11)10-15-6-4-8-19-9-5-7-16-19/h5,7,9,15H,3-4,6,8,10H2,1-2H3. The molecule has 5 nitrogen and oxygen atoms in total. The molecular weight excluding hydrogens is 306 g/mol. The predicted octanol–water partition coefficient (Wildman–Crippen LogP) is 2.12. The Hall–Kier alpha value is -1.14. The van der Waals surface area contributed by atoms with Crippen molar-refractivity contribution in [2.75, 3.05) is 6.54 Å². The number of nitrogens with one attached hydrogen (secondary N) is 1. The van der Waals surface area contributed by atoms with E-state index in [4.69, 9.17) is 0 Å². The number of hydrogen-bond donors (Lipinski definition) is 1. The molecule has 2 aromatic rings. The maximum atomic E-state index is 4.48. The van der Waals surface area contributed by atoms with E-state index in [0.29, 0.717) is 0 Å². The number of nitrogens with zero attached hydrogens (tertiary/aromatic N) is 4. The van der Waals surface area contributed by atoms with E-state index in [-0.39, 0.29) is 0 Å². The lowest BCUT2D eigenvalue weighted by molar-refractivity contribution is 0.534. The molecule has 0 saturated carbocycles. The Kier molecular flexibility index (Phi) is 5.15. The molecule has 0 spiro atoms. The van der Waals surface area contributed by atoms with E-state index in [2.05, 4.69) is 38.4 Å². The molecule has 0 radical (unpaired) electrons. The summed E-state index contributed by atoms with van der Waals surface area (Å²) in [5.41, 5.74) is 2.33. The van der Waals surface area contributed by atoms with Gasteiger partial charge in [0, 0.05) is 32.5 Å². The molecule has 0 aliphatic rings. The quantitative estimate of drug-likeness (QED) is 0.793. The molecule has 104 valence electrons. The molecule has 0 bridgehead atoms. The zero-order chi connectivity index (χ0) is 13.7. The van der Waals surface area contributed by atoms with Gasteiger partial charge in [0.1, 0.15) is 0 Å². The Morgan fingerprint density at radius 2 is 2.26 bits per heavy atom. The van der Waals surface area contributed by atoms with Crippen LogP contribution >= 0.6 is 15.9 Å². The van der Waals surface area contributed by atoms with Crippen LogP contribution in [0.5, 0.6) is 0 Å². The minimum atomic E-state index is 0.836. The summed E-state index contributed by atoms with van der Waals surface area (Å²) in [6.07, 6.45) is 5.82. The topological polar surface area (TPSA) is 47.7 Å². The summed E-state index contributed by atoms with van der Waals surface area (Å²) < 4.78 is 5.04. The average molecular weight is 326 g/mol. The van der Waals surface area contributed by atoms with Crippen LogP contribution in [0.25, 0.3) is 0 Å². The predicted molar refractivity (Wildman–Crippen MR) is 78.8 cm³/mol. The van der Waals surface area contributed by atoms with Crippen molar-refractivity contribution >= 4 is 15.9 Å². The first-order valence-corrected chi connectivity index (χ1v) is 7.40. The fourth-order valence-electron chi connectivity index (χ4n) is 2.02. The largest absolute Gasteiger partial charge is 0.311 e. The monoisotopic (exact) mass is 325 g/mol. The zero-order valence-electron chi connectivity index (χ0n) is 11.4. The smallest absolute Gasteiger partial charge is 0.0767 e. The summed E-state index contributed by atoms with van der Waals surface area (Å²) in [5, 5.41) is 12.1. The molecule has 0 aliphatic heterocycles. The van der Waals surface area contributed by atoms with Gasteiger partial charge in [-0.15, -0.1) is 0 Å². The van der Waals surface area contributed by atoms with Crippen LogP contribution in [0, 0.1) is 0 Å². The van der Waals surface area contributed by atoms with Crippen molar-refractivity contribution in [2.45, 2.75) is 32.9 Å². The lowest BCUT2D eigenvalue weighted by Crippen LogP contribution is -2.18. The number of rotatable bonds is 7. The maximum absolute atomic E-state index is 4.48. The Morgan fingerprint density at radius 1 is 1.42 bits per heavy atom. The molecule has 19 heavy (non-hydrogen) atoms. The molecule has 0 amide bonds. The summed E-state index contributed by atoms with van der Waals surface area (Å²) in [5.74, 6) is 0. The summed E-state index contributed by atoms with van der Waals surface area (Å²) in [4.78, 5) is 0. The van der Waals surface area contributed by atoms with E-state index in [1.165, 1.54) is 5.69 Å². The highest BCUT2D eigenvalue weighted by Gasteiger charge is 2.11. The fourth-order valence-corrected chi connectivity index (χ4v) is 2.77. The van der Waals surface area contributed by atoms with Gasteiger partial charge in [-0.05, 0) is 41.4 Å². The van der Waals surface area contributed by atoms with Crippen LogP contribution in [-0.4, -0.2) is 26.1 Å². The number of halogens is 1. The molecule has 6 heteroatoms. The second kappa shape index (κ2) is 6.86. The van der Waals surface area contributed by atoms with Crippen molar-refractivity contribution in [1.29, 1.82) is 0 Å². The van der Waals surface area contributed by atoms with Crippen molar-refractivity contribution in [2.24, 2.45) is 7.05 Å². The van der Waals surface area contributed by atoms with Crippen molar-refractivity contribution in [3.8, 4) is 0 Å². The van der Waals surface area contributed by atoms with Gasteiger partial charge < -0.3 is 5.32 Å². The fraction of sp³-hybridized carbons (Fsp3) is 0.538. The van der Waals surface area contributed by atoms with Gasteiger partial charge in [-0.25, -0.2) is 0 Å². The molecular formula is C13H20BrN5. The minimum absolute atomic E-state index is 0.836. The summed E-state index contributed by atoms with van der Waals surface area (Å²) in [6, 6.07) is 1.95. The lowest BCUT2D eigenvalue weighted by Gasteiger charge is -2.06. The molecule has 2 aromatic heterocycles. The highest BCUT2D eigenvalue weighted by molar-refractivity contribution is 9.10. The van der Waals surface area contributed by atoms with E-state index < -0.39 is 0 Å². The van der Waals surface area contributed by atoms with E-state index in [9.17, 15) is 0 Å². The van der Waals surface area contributed by atoms with Gasteiger partial charge in [0.05, 0.1) is 15.9 Å². The average Bonchev–Trinajstić information content (AvgIpc) is 3.00. The lowest BCUT2D eigenvalue weighted by atomic mass is 10.3. The second-order valence-corrected chi connectivity index (χ2v) is 5.28. The Morgan fingerprint density at radius 3 is 2.89 bits per heavy atom. The number of aryl methyl sites for hydroxylation is 3. The van der Waals surface area contributed by atoms with Crippen LogP contribution in [0.2, 0.25) is 0 Å². The van der Waals surface area contributed by atoms with Gasteiger partial charge in [0.25, 0.3) is 0 Å². The van der Waals surface area contributed by atoms with E-state index >= 15 is 0 Å². The van der Waals surface area contributed by atoms with Crippen molar-refractivity contribution in [3.63, 3.8) is 0 Å². The Balaban J connectivity index is 1.75. The van der Waals surface area contributed by atoms with Crippen molar-refractivity contribution in [3.05, 3.63) is 34.3 Å². The Bertz CT molecular complexity index is 503. The molecule has 0 aromatic carbocycles. The molecule has 2 heterocycles. The zero-order valence-corrected chi connectivity index (χ0v) is 13.0. The second-order valence-electron chi connectivity index (χ2n) is 4.48. The normalized spacial score (nSPS) is 11.1. The molecule has 0 saturated heterocycles.